The summed E-state index contributed by atoms with van der Waals surface area (Å²) in [5.74, 6) is 0. The summed E-state index contributed by atoms with van der Waals surface area (Å²) in [6, 6.07) is 11.1. The van der Waals surface area contributed by atoms with Gasteiger partial charge in [-0.15, -0.1) is 0 Å². The molecule has 2 N–H and O–H groups in total. The predicted octanol–water partition coefficient (Wildman–Crippen LogP) is 1.23. The van der Waals surface area contributed by atoms with E-state index >= 15 is 0 Å². The summed E-state index contributed by atoms with van der Waals surface area (Å²) < 4.78 is 1.68. The van der Waals surface area contributed by atoms with Crippen molar-refractivity contribution >= 4 is 5.69 Å². The molecule has 0 amide bonds. The molecule has 0 saturated carbocycles. The van der Waals surface area contributed by atoms with Crippen molar-refractivity contribution in [3.63, 3.8) is 0 Å². The number of aromatic nitrogens is 2. The zero-order chi connectivity index (χ0) is 12.8. The van der Waals surface area contributed by atoms with Crippen LogP contribution in [0, 0.1) is 11.3 Å². The Morgan fingerprint density at radius 1 is 1.44 bits per heavy atom. The number of nitrogens with zero attached hydrogens (tertiary/aromatic N) is 3. The number of aliphatic hydroxyl groups excluding tert-OH is 1. The fourth-order valence-corrected chi connectivity index (χ4v) is 1.62. The number of hydrogen-bond acceptors (Lipinski definition) is 4. The molecule has 0 aliphatic carbocycles. The van der Waals surface area contributed by atoms with Crippen molar-refractivity contribution in [3.05, 3.63) is 48.3 Å². The SMILES string of the molecule is N#Cc1cccc(NCC(O)Cn2cccn2)c1. The molecule has 1 atom stereocenters. The van der Waals surface area contributed by atoms with Gasteiger partial charge in [0, 0.05) is 24.6 Å². The fraction of sp³-hybridized carbons (Fsp3) is 0.231. The lowest BCUT2D eigenvalue weighted by Crippen LogP contribution is -2.25. The van der Waals surface area contributed by atoms with Crippen molar-refractivity contribution in [1.29, 1.82) is 5.26 Å². The highest BCUT2D eigenvalue weighted by Gasteiger charge is 2.05. The number of nitrogens with one attached hydrogen (secondary N) is 1. The number of rotatable bonds is 5. The molecule has 0 fully saturated rings. The minimum Gasteiger partial charge on any atom is -0.389 e. The van der Waals surface area contributed by atoms with Crippen molar-refractivity contribution in [1.82, 2.24) is 9.78 Å². The van der Waals surface area contributed by atoms with E-state index in [1.165, 1.54) is 0 Å². The maximum absolute atomic E-state index is 9.82. The molecule has 92 valence electrons. The predicted molar refractivity (Wildman–Crippen MR) is 67.9 cm³/mol. The molecule has 5 nitrogen and oxygen atoms in total. The van der Waals surface area contributed by atoms with Crippen LogP contribution in [0.3, 0.4) is 0 Å². The molecule has 0 radical (unpaired) electrons. The molecular weight excluding hydrogens is 228 g/mol. The van der Waals surface area contributed by atoms with E-state index in [4.69, 9.17) is 5.26 Å². The van der Waals surface area contributed by atoms with Crippen LogP contribution >= 0.6 is 0 Å². The Labute approximate surface area is 105 Å². The summed E-state index contributed by atoms with van der Waals surface area (Å²) in [6.07, 6.45) is 2.95. The summed E-state index contributed by atoms with van der Waals surface area (Å²) in [6.45, 7) is 0.854. The van der Waals surface area contributed by atoms with E-state index in [-0.39, 0.29) is 0 Å². The summed E-state index contributed by atoms with van der Waals surface area (Å²) >= 11 is 0. The van der Waals surface area contributed by atoms with Crippen LogP contribution in [0.4, 0.5) is 5.69 Å². The zero-order valence-electron chi connectivity index (χ0n) is 9.82. The highest BCUT2D eigenvalue weighted by molar-refractivity contribution is 5.49. The summed E-state index contributed by atoms with van der Waals surface area (Å²) in [5.41, 5.74) is 1.43. The smallest absolute Gasteiger partial charge is 0.0992 e. The maximum Gasteiger partial charge on any atom is 0.0992 e. The van der Waals surface area contributed by atoms with Crippen molar-refractivity contribution in [2.75, 3.05) is 11.9 Å². The number of hydrogen-bond donors (Lipinski definition) is 2. The third-order valence-electron chi connectivity index (χ3n) is 2.49. The topological polar surface area (TPSA) is 73.9 Å². The van der Waals surface area contributed by atoms with Gasteiger partial charge in [0.2, 0.25) is 0 Å². The molecule has 2 rings (SSSR count). The average molecular weight is 242 g/mol. The molecule has 2 aromatic rings. The second-order valence-corrected chi connectivity index (χ2v) is 3.96. The number of aliphatic hydroxyl groups is 1. The molecule has 0 aliphatic heterocycles. The molecule has 0 bridgehead atoms. The second kappa shape index (κ2) is 5.84. The summed E-state index contributed by atoms with van der Waals surface area (Å²) in [5, 5.41) is 25.7. The highest BCUT2D eigenvalue weighted by atomic mass is 16.3. The van der Waals surface area contributed by atoms with Crippen molar-refractivity contribution in [3.8, 4) is 6.07 Å². The van der Waals surface area contributed by atoms with Gasteiger partial charge in [-0.25, -0.2) is 0 Å². The molecule has 1 unspecified atom stereocenters. The van der Waals surface area contributed by atoms with Crippen LogP contribution in [0.25, 0.3) is 0 Å². The van der Waals surface area contributed by atoms with Crippen molar-refractivity contribution in [2.45, 2.75) is 12.6 Å². The minimum absolute atomic E-state index is 0.411. The molecule has 18 heavy (non-hydrogen) atoms. The van der Waals surface area contributed by atoms with Gasteiger partial charge < -0.3 is 10.4 Å². The molecule has 1 aromatic heterocycles. The monoisotopic (exact) mass is 242 g/mol. The van der Waals surface area contributed by atoms with Gasteiger partial charge in [-0.1, -0.05) is 6.07 Å². The summed E-state index contributed by atoms with van der Waals surface area (Å²) in [4.78, 5) is 0. The lowest BCUT2D eigenvalue weighted by Gasteiger charge is -2.13. The first-order valence-electron chi connectivity index (χ1n) is 5.67. The lowest BCUT2D eigenvalue weighted by atomic mass is 10.2. The Hall–Kier alpha value is -2.32. The van der Waals surface area contributed by atoms with Gasteiger partial charge >= 0.3 is 0 Å². The third kappa shape index (κ3) is 3.34. The Morgan fingerprint density at radius 2 is 2.33 bits per heavy atom. The van der Waals surface area contributed by atoms with E-state index in [1.54, 1.807) is 35.3 Å². The molecule has 1 heterocycles. The quantitative estimate of drug-likeness (QED) is 0.827. The number of anilines is 1. The molecule has 0 saturated heterocycles. The second-order valence-electron chi connectivity index (χ2n) is 3.96. The van der Waals surface area contributed by atoms with E-state index in [9.17, 15) is 5.11 Å². The summed E-state index contributed by atoms with van der Waals surface area (Å²) in [7, 11) is 0. The van der Waals surface area contributed by atoms with Gasteiger partial charge in [0.25, 0.3) is 0 Å². The Morgan fingerprint density at radius 3 is 3.06 bits per heavy atom. The normalized spacial score (nSPS) is 11.8. The van der Waals surface area contributed by atoms with Crippen molar-refractivity contribution in [2.24, 2.45) is 0 Å². The van der Waals surface area contributed by atoms with Crippen LogP contribution in [0.1, 0.15) is 5.56 Å². The zero-order valence-corrected chi connectivity index (χ0v) is 9.82. The van der Waals surface area contributed by atoms with E-state index in [2.05, 4.69) is 16.5 Å². The first-order valence-corrected chi connectivity index (χ1v) is 5.67. The van der Waals surface area contributed by atoms with Crippen molar-refractivity contribution < 1.29 is 5.11 Å². The Bertz CT molecular complexity index is 530. The van der Waals surface area contributed by atoms with E-state index in [1.807, 2.05) is 12.1 Å². The first-order chi connectivity index (χ1) is 8.78. The van der Waals surface area contributed by atoms with Crippen LogP contribution in [0.15, 0.2) is 42.7 Å². The van der Waals surface area contributed by atoms with Crippen LogP contribution < -0.4 is 5.32 Å². The van der Waals surface area contributed by atoms with E-state index in [0.29, 0.717) is 18.7 Å². The van der Waals surface area contributed by atoms with E-state index < -0.39 is 6.10 Å². The van der Waals surface area contributed by atoms with Crippen LogP contribution in [0.5, 0.6) is 0 Å². The van der Waals surface area contributed by atoms with Gasteiger partial charge in [-0.3, -0.25) is 4.68 Å². The maximum atomic E-state index is 9.82. The first kappa shape index (κ1) is 12.1. The Balaban J connectivity index is 1.85. The average Bonchev–Trinajstić information content (AvgIpc) is 2.89. The Kier molecular flexibility index (Phi) is 3.94. The van der Waals surface area contributed by atoms with Gasteiger partial charge in [0.15, 0.2) is 0 Å². The van der Waals surface area contributed by atoms with Crippen LogP contribution in [-0.2, 0) is 6.54 Å². The van der Waals surface area contributed by atoms with E-state index in [0.717, 1.165) is 5.69 Å². The fourth-order valence-electron chi connectivity index (χ4n) is 1.62. The van der Waals surface area contributed by atoms with Crippen LogP contribution in [0.2, 0.25) is 0 Å². The van der Waals surface area contributed by atoms with Gasteiger partial charge in [0.05, 0.1) is 24.3 Å². The molecule has 1 aromatic carbocycles. The number of benzene rings is 1. The minimum atomic E-state index is -0.532. The largest absolute Gasteiger partial charge is 0.389 e. The van der Waals surface area contributed by atoms with Crippen LogP contribution in [-0.4, -0.2) is 27.5 Å². The molecule has 0 aliphatic rings. The van der Waals surface area contributed by atoms with Gasteiger partial charge in [0.1, 0.15) is 0 Å². The molecule has 5 heteroatoms. The van der Waals surface area contributed by atoms with Gasteiger partial charge in [-0.05, 0) is 24.3 Å². The van der Waals surface area contributed by atoms with Gasteiger partial charge in [-0.2, -0.15) is 10.4 Å². The highest BCUT2D eigenvalue weighted by Crippen LogP contribution is 2.09. The molecule has 0 spiro atoms. The lowest BCUT2D eigenvalue weighted by molar-refractivity contribution is 0.161. The number of nitriles is 1. The standard InChI is InChI=1S/C13H14N4O/c14-8-11-3-1-4-12(7-11)15-9-13(18)10-17-6-2-5-16-17/h1-7,13,15,18H,9-10H2. The molecular formula is C13H14N4O. The third-order valence-corrected chi connectivity index (χ3v) is 2.49.